The summed E-state index contributed by atoms with van der Waals surface area (Å²) >= 11 is 1.69. The second-order valence-corrected chi connectivity index (χ2v) is 6.21. The van der Waals surface area contributed by atoms with Gasteiger partial charge in [0.25, 0.3) is 0 Å². The highest BCUT2D eigenvalue weighted by atomic mass is 32.1. The van der Waals surface area contributed by atoms with Gasteiger partial charge in [-0.1, -0.05) is 12.1 Å². The predicted molar refractivity (Wildman–Crippen MR) is 81.3 cm³/mol. The van der Waals surface area contributed by atoms with E-state index in [0.717, 1.165) is 21.1 Å². The standard InChI is InChI=1S/C15H18N2O2S/c1-9(17(3)4)14-16-13(10(2)20-14)11-5-7-12(8-6-11)15(18)19/h5-9H,1-4H3,(H,18,19). The number of thiazole rings is 1. The van der Waals surface area contributed by atoms with Gasteiger partial charge in [-0.15, -0.1) is 11.3 Å². The number of carbonyl (C=O) groups is 1. The van der Waals surface area contributed by atoms with E-state index in [-0.39, 0.29) is 6.04 Å². The van der Waals surface area contributed by atoms with Gasteiger partial charge in [-0.3, -0.25) is 0 Å². The summed E-state index contributed by atoms with van der Waals surface area (Å²) in [7, 11) is 4.06. The topological polar surface area (TPSA) is 53.4 Å². The van der Waals surface area contributed by atoms with Crippen LogP contribution in [0.25, 0.3) is 11.3 Å². The highest BCUT2D eigenvalue weighted by molar-refractivity contribution is 7.12. The van der Waals surface area contributed by atoms with Crippen molar-refractivity contribution in [2.45, 2.75) is 19.9 Å². The van der Waals surface area contributed by atoms with Gasteiger partial charge in [0.15, 0.2) is 0 Å². The molecule has 1 unspecified atom stereocenters. The lowest BCUT2D eigenvalue weighted by molar-refractivity contribution is 0.0697. The van der Waals surface area contributed by atoms with Crippen LogP contribution in [0, 0.1) is 6.92 Å². The molecule has 1 aromatic heterocycles. The van der Waals surface area contributed by atoms with E-state index in [9.17, 15) is 4.79 Å². The van der Waals surface area contributed by atoms with Crippen LogP contribution < -0.4 is 0 Å². The van der Waals surface area contributed by atoms with Crippen molar-refractivity contribution in [3.8, 4) is 11.3 Å². The van der Waals surface area contributed by atoms with Gasteiger partial charge in [0.05, 0.1) is 17.3 Å². The minimum absolute atomic E-state index is 0.269. The lowest BCUT2D eigenvalue weighted by Gasteiger charge is -2.16. The van der Waals surface area contributed by atoms with Crippen LogP contribution in [-0.4, -0.2) is 35.1 Å². The van der Waals surface area contributed by atoms with Crippen molar-refractivity contribution >= 4 is 17.3 Å². The normalized spacial score (nSPS) is 12.7. The van der Waals surface area contributed by atoms with Crippen LogP contribution in [0.5, 0.6) is 0 Å². The molecule has 1 aromatic carbocycles. The van der Waals surface area contributed by atoms with Gasteiger partial charge in [0, 0.05) is 10.4 Å². The Kier molecular flexibility index (Phi) is 4.20. The van der Waals surface area contributed by atoms with Crippen LogP contribution in [0.4, 0.5) is 0 Å². The molecule has 0 radical (unpaired) electrons. The second kappa shape index (κ2) is 5.73. The summed E-state index contributed by atoms with van der Waals surface area (Å²) in [4.78, 5) is 18.8. The Bertz CT molecular complexity index is 617. The molecule has 0 aliphatic carbocycles. The van der Waals surface area contributed by atoms with Gasteiger partial charge in [-0.05, 0) is 40.1 Å². The average Bonchev–Trinajstić information content (AvgIpc) is 2.79. The third kappa shape index (κ3) is 2.89. The van der Waals surface area contributed by atoms with E-state index in [1.54, 1.807) is 23.5 Å². The van der Waals surface area contributed by atoms with E-state index in [4.69, 9.17) is 10.1 Å². The van der Waals surface area contributed by atoms with Gasteiger partial charge < -0.3 is 10.0 Å². The summed E-state index contributed by atoms with van der Waals surface area (Å²) in [6.45, 7) is 4.17. The van der Waals surface area contributed by atoms with Crippen molar-refractivity contribution in [2.24, 2.45) is 0 Å². The first-order valence-electron chi connectivity index (χ1n) is 6.37. The molecule has 0 fully saturated rings. The zero-order valence-electron chi connectivity index (χ0n) is 12.0. The van der Waals surface area contributed by atoms with Crippen LogP contribution >= 0.6 is 11.3 Å². The highest BCUT2D eigenvalue weighted by Gasteiger charge is 2.16. The monoisotopic (exact) mass is 290 g/mol. The predicted octanol–water partition coefficient (Wildman–Crippen LogP) is 3.44. The summed E-state index contributed by atoms with van der Waals surface area (Å²) in [5.74, 6) is -0.909. The molecule has 0 amide bonds. The van der Waals surface area contributed by atoms with Crippen molar-refractivity contribution in [2.75, 3.05) is 14.1 Å². The Morgan fingerprint density at radius 2 is 1.90 bits per heavy atom. The molecular formula is C15H18N2O2S. The maximum absolute atomic E-state index is 10.9. The maximum atomic E-state index is 10.9. The van der Waals surface area contributed by atoms with E-state index in [1.165, 1.54) is 0 Å². The number of carboxylic acids is 1. The Labute approximate surface area is 122 Å². The lowest BCUT2D eigenvalue weighted by Crippen LogP contribution is -2.16. The Balaban J connectivity index is 2.35. The number of hydrogen-bond donors (Lipinski definition) is 1. The zero-order valence-corrected chi connectivity index (χ0v) is 12.9. The average molecular weight is 290 g/mol. The first kappa shape index (κ1) is 14.7. The molecule has 0 spiro atoms. The quantitative estimate of drug-likeness (QED) is 0.937. The van der Waals surface area contributed by atoms with E-state index in [2.05, 4.69) is 11.8 Å². The minimum atomic E-state index is -0.909. The molecule has 20 heavy (non-hydrogen) atoms. The summed E-state index contributed by atoms with van der Waals surface area (Å²) in [6, 6.07) is 7.13. The maximum Gasteiger partial charge on any atom is 0.335 e. The van der Waals surface area contributed by atoms with Crippen molar-refractivity contribution in [1.29, 1.82) is 0 Å². The van der Waals surface area contributed by atoms with E-state index in [0.29, 0.717) is 5.56 Å². The summed E-state index contributed by atoms with van der Waals surface area (Å²) in [6.07, 6.45) is 0. The fraction of sp³-hybridized carbons (Fsp3) is 0.333. The lowest BCUT2D eigenvalue weighted by atomic mass is 10.1. The molecule has 0 saturated carbocycles. The van der Waals surface area contributed by atoms with Crippen LogP contribution in [0.3, 0.4) is 0 Å². The first-order chi connectivity index (χ1) is 9.40. The Hall–Kier alpha value is -1.72. The van der Waals surface area contributed by atoms with E-state index < -0.39 is 5.97 Å². The molecular weight excluding hydrogens is 272 g/mol. The fourth-order valence-electron chi connectivity index (χ4n) is 1.85. The minimum Gasteiger partial charge on any atom is -0.478 e. The van der Waals surface area contributed by atoms with Crippen molar-refractivity contribution < 1.29 is 9.90 Å². The molecule has 2 rings (SSSR count). The number of carboxylic acid groups (broad SMARTS) is 1. The third-order valence-corrected chi connectivity index (χ3v) is 4.49. The van der Waals surface area contributed by atoms with Gasteiger partial charge >= 0.3 is 5.97 Å². The largest absolute Gasteiger partial charge is 0.478 e. The fourth-order valence-corrected chi connectivity index (χ4v) is 2.95. The van der Waals surface area contributed by atoms with Gasteiger partial charge in [0.2, 0.25) is 0 Å². The Morgan fingerprint density at radius 3 is 2.40 bits per heavy atom. The summed E-state index contributed by atoms with van der Waals surface area (Å²) in [5, 5.41) is 9.99. The number of aromatic carboxylic acids is 1. The molecule has 2 aromatic rings. The number of benzene rings is 1. The number of aromatic nitrogens is 1. The van der Waals surface area contributed by atoms with E-state index >= 15 is 0 Å². The number of hydrogen-bond acceptors (Lipinski definition) is 4. The highest BCUT2D eigenvalue weighted by Crippen LogP contribution is 2.31. The molecule has 0 saturated heterocycles. The zero-order chi connectivity index (χ0) is 14.9. The van der Waals surface area contributed by atoms with Gasteiger partial charge in [0.1, 0.15) is 5.01 Å². The molecule has 4 nitrogen and oxygen atoms in total. The van der Waals surface area contributed by atoms with Crippen molar-refractivity contribution in [1.82, 2.24) is 9.88 Å². The number of nitrogens with zero attached hydrogens (tertiary/aromatic N) is 2. The Morgan fingerprint density at radius 1 is 1.30 bits per heavy atom. The van der Waals surface area contributed by atoms with Gasteiger partial charge in [-0.2, -0.15) is 0 Å². The molecule has 1 N–H and O–H groups in total. The van der Waals surface area contributed by atoms with E-state index in [1.807, 2.05) is 33.2 Å². The molecule has 1 heterocycles. The number of rotatable bonds is 4. The molecule has 1 atom stereocenters. The molecule has 0 bridgehead atoms. The summed E-state index contributed by atoms with van der Waals surface area (Å²) in [5.41, 5.74) is 2.19. The molecule has 106 valence electrons. The van der Waals surface area contributed by atoms with Crippen LogP contribution in [0.15, 0.2) is 24.3 Å². The van der Waals surface area contributed by atoms with Crippen LogP contribution in [0.2, 0.25) is 0 Å². The van der Waals surface area contributed by atoms with Crippen molar-refractivity contribution in [3.63, 3.8) is 0 Å². The molecule has 0 aliphatic heterocycles. The smallest absolute Gasteiger partial charge is 0.335 e. The summed E-state index contributed by atoms with van der Waals surface area (Å²) < 4.78 is 0. The second-order valence-electron chi connectivity index (χ2n) is 4.98. The third-order valence-electron chi connectivity index (χ3n) is 3.35. The van der Waals surface area contributed by atoms with Crippen molar-refractivity contribution in [3.05, 3.63) is 39.7 Å². The molecule has 0 aliphatic rings. The molecule has 5 heteroatoms. The van der Waals surface area contributed by atoms with Gasteiger partial charge in [-0.25, -0.2) is 9.78 Å². The van der Waals surface area contributed by atoms with Crippen LogP contribution in [-0.2, 0) is 0 Å². The first-order valence-corrected chi connectivity index (χ1v) is 7.19. The SMILES string of the molecule is Cc1sc(C(C)N(C)C)nc1-c1ccc(C(=O)O)cc1. The number of aryl methyl sites for hydroxylation is 1. The van der Waals surface area contributed by atoms with Crippen LogP contribution in [0.1, 0.15) is 33.2 Å².